The first-order chi connectivity index (χ1) is 8.65. The molecule has 0 aliphatic carbocycles. The van der Waals surface area contributed by atoms with Gasteiger partial charge in [0.15, 0.2) is 0 Å². The van der Waals surface area contributed by atoms with Crippen LogP contribution >= 0.6 is 11.6 Å². The lowest BCUT2D eigenvalue weighted by Gasteiger charge is -2.15. The van der Waals surface area contributed by atoms with Gasteiger partial charge in [-0.05, 0) is 17.0 Å². The molecule has 0 bridgehead atoms. The third-order valence-corrected chi connectivity index (χ3v) is 3.41. The zero-order chi connectivity index (χ0) is 13.1. The molecule has 92 valence electrons. The predicted octanol–water partition coefficient (Wildman–Crippen LogP) is 4.94. The summed E-state index contributed by atoms with van der Waals surface area (Å²) >= 11 is 6.46. The third-order valence-electron chi connectivity index (χ3n) is 3.00. The molecular weight excluding hydrogens is 244 g/mol. The van der Waals surface area contributed by atoms with E-state index >= 15 is 0 Å². The van der Waals surface area contributed by atoms with Gasteiger partial charge in [0, 0.05) is 11.1 Å². The van der Waals surface area contributed by atoms with Crippen molar-refractivity contribution in [2.45, 2.75) is 19.8 Å². The summed E-state index contributed by atoms with van der Waals surface area (Å²) in [5.74, 6) is 0.223. The van der Waals surface area contributed by atoms with Crippen molar-refractivity contribution in [2.75, 3.05) is 0 Å². The van der Waals surface area contributed by atoms with E-state index in [0.29, 0.717) is 10.6 Å². The fourth-order valence-corrected chi connectivity index (χ4v) is 2.64. The summed E-state index contributed by atoms with van der Waals surface area (Å²) in [6.07, 6.45) is 0.871. The maximum Gasteiger partial charge on any atom is 0.150 e. The van der Waals surface area contributed by atoms with Gasteiger partial charge in [0.2, 0.25) is 0 Å². The number of halogens is 1. The van der Waals surface area contributed by atoms with Crippen LogP contribution in [0.1, 0.15) is 35.7 Å². The lowest BCUT2D eigenvalue weighted by Crippen LogP contribution is -1.98. The number of benzene rings is 2. The standard InChI is InChI=1S/C16H15ClO/c1-11(2)15-13(10-18)8-9-14(16(15)17)12-6-4-3-5-7-12/h3-11H,1-2H3. The van der Waals surface area contributed by atoms with Gasteiger partial charge in [-0.25, -0.2) is 0 Å². The zero-order valence-corrected chi connectivity index (χ0v) is 11.2. The molecule has 0 saturated carbocycles. The number of hydrogen-bond donors (Lipinski definition) is 0. The van der Waals surface area contributed by atoms with E-state index in [0.717, 1.165) is 23.0 Å². The van der Waals surface area contributed by atoms with Crippen molar-refractivity contribution < 1.29 is 4.79 Å². The molecule has 1 nitrogen and oxygen atoms in total. The van der Waals surface area contributed by atoms with E-state index in [1.807, 2.05) is 56.3 Å². The first-order valence-corrected chi connectivity index (χ1v) is 6.36. The Kier molecular flexibility index (Phi) is 3.83. The molecule has 0 fully saturated rings. The Morgan fingerprint density at radius 1 is 1.06 bits per heavy atom. The Balaban J connectivity index is 2.65. The average molecular weight is 259 g/mol. The van der Waals surface area contributed by atoms with Crippen LogP contribution < -0.4 is 0 Å². The number of hydrogen-bond acceptors (Lipinski definition) is 1. The Morgan fingerprint density at radius 2 is 1.72 bits per heavy atom. The second-order valence-corrected chi connectivity index (χ2v) is 4.95. The van der Waals surface area contributed by atoms with E-state index in [1.54, 1.807) is 0 Å². The van der Waals surface area contributed by atoms with Crippen molar-refractivity contribution in [3.63, 3.8) is 0 Å². The van der Waals surface area contributed by atoms with Crippen molar-refractivity contribution in [2.24, 2.45) is 0 Å². The van der Waals surface area contributed by atoms with Gasteiger partial charge in [-0.1, -0.05) is 67.9 Å². The van der Waals surface area contributed by atoms with Gasteiger partial charge in [0.05, 0.1) is 5.02 Å². The molecule has 2 aromatic rings. The Morgan fingerprint density at radius 3 is 2.28 bits per heavy atom. The monoisotopic (exact) mass is 258 g/mol. The molecule has 18 heavy (non-hydrogen) atoms. The number of rotatable bonds is 3. The molecule has 2 rings (SSSR count). The molecule has 0 aliphatic rings. The van der Waals surface area contributed by atoms with Gasteiger partial charge < -0.3 is 0 Å². The molecule has 0 saturated heterocycles. The summed E-state index contributed by atoms with van der Waals surface area (Å²) in [6, 6.07) is 13.7. The highest BCUT2D eigenvalue weighted by Gasteiger charge is 2.15. The van der Waals surface area contributed by atoms with Crippen LogP contribution in [0.15, 0.2) is 42.5 Å². The van der Waals surface area contributed by atoms with E-state index in [-0.39, 0.29) is 5.92 Å². The fraction of sp³-hybridized carbons (Fsp3) is 0.188. The van der Waals surface area contributed by atoms with Crippen molar-refractivity contribution in [3.8, 4) is 11.1 Å². The maximum atomic E-state index is 11.1. The lowest BCUT2D eigenvalue weighted by molar-refractivity contribution is 0.112. The van der Waals surface area contributed by atoms with Crippen LogP contribution in [0, 0.1) is 0 Å². The first-order valence-electron chi connectivity index (χ1n) is 5.98. The molecular formula is C16H15ClO. The molecule has 0 radical (unpaired) electrons. The van der Waals surface area contributed by atoms with E-state index < -0.39 is 0 Å². The van der Waals surface area contributed by atoms with E-state index in [4.69, 9.17) is 11.6 Å². The number of carbonyl (C=O) groups excluding carboxylic acids is 1. The third kappa shape index (κ3) is 2.32. The van der Waals surface area contributed by atoms with Crippen LogP contribution in [0.25, 0.3) is 11.1 Å². The molecule has 0 aliphatic heterocycles. The summed E-state index contributed by atoms with van der Waals surface area (Å²) in [5, 5.41) is 0.681. The molecule has 0 N–H and O–H groups in total. The lowest BCUT2D eigenvalue weighted by atomic mass is 9.93. The van der Waals surface area contributed by atoms with E-state index in [9.17, 15) is 4.79 Å². The molecule has 0 atom stereocenters. The Hall–Kier alpha value is -1.60. The average Bonchev–Trinajstić information content (AvgIpc) is 2.38. The van der Waals surface area contributed by atoms with Crippen LogP contribution in [0.2, 0.25) is 5.02 Å². The van der Waals surface area contributed by atoms with Gasteiger partial charge >= 0.3 is 0 Å². The highest BCUT2D eigenvalue weighted by molar-refractivity contribution is 6.34. The zero-order valence-electron chi connectivity index (χ0n) is 10.5. The summed E-state index contributed by atoms with van der Waals surface area (Å²) in [7, 11) is 0. The Labute approximate surface area is 112 Å². The first kappa shape index (κ1) is 12.8. The molecule has 0 unspecified atom stereocenters. The summed E-state index contributed by atoms with van der Waals surface area (Å²) in [4.78, 5) is 11.1. The second kappa shape index (κ2) is 5.36. The number of carbonyl (C=O) groups is 1. The highest BCUT2D eigenvalue weighted by Crippen LogP contribution is 2.35. The van der Waals surface area contributed by atoms with Gasteiger partial charge in [-0.15, -0.1) is 0 Å². The smallest absolute Gasteiger partial charge is 0.150 e. The number of aldehydes is 1. The summed E-state index contributed by atoms with van der Waals surface area (Å²) < 4.78 is 0. The predicted molar refractivity (Wildman–Crippen MR) is 76.4 cm³/mol. The van der Waals surface area contributed by atoms with Crippen molar-refractivity contribution in [3.05, 3.63) is 58.6 Å². The minimum absolute atomic E-state index is 0.223. The minimum atomic E-state index is 0.223. The topological polar surface area (TPSA) is 17.1 Å². The normalized spacial score (nSPS) is 10.7. The van der Waals surface area contributed by atoms with Gasteiger partial charge in [-0.2, -0.15) is 0 Å². The molecule has 0 spiro atoms. The Bertz CT molecular complexity index is 559. The minimum Gasteiger partial charge on any atom is -0.298 e. The van der Waals surface area contributed by atoms with Crippen LogP contribution in [-0.4, -0.2) is 6.29 Å². The fourth-order valence-electron chi connectivity index (χ4n) is 2.14. The molecule has 2 aromatic carbocycles. The summed E-state index contributed by atoms with van der Waals surface area (Å²) in [6.45, 7) is 4.09. The van der Waals surface area contributed by atoms with E-state index in [2.05, 4.69) is 0 Å². The maximum absolute atomic E-state index is 11.1. The van der Waals surface area contributed by atoms with Crippen LogP contribution in [0.3, 0.4) is 0 Å². The van der Waals surface area contributed by atoms with Crippen molar-refractivity contribution in [1.29, 1.82) is 0 Å². The van der Waals surface area contributed by atoms with Gasteiger partial charge in [-0.3, -0.25) is 4.79 Å². The largest absolute Gasteiger partial charge is 0.298 e. The highest BCUT2D eigenvalue weighted by atomic mass is 35.5. The van der Waals surface area contributed by atoms with E-state index in [1.165, 1.54) is 0 Å². The van der Waals surface area contributed by atoms with Gasteiger partial charge in [0.1, 0.15) is 6.29 Å². The van der Waals surface area contributed by atoms with Crippen LogP contribution in [0.5, 0.6) is 0 Å². The summed E-state index contributed by atoms with van der Waals surface area (Å²) in [5.41, 5.74) is 3.65. The van der Waals surface area contributed by atoms with Crippen molar-refractivity contribution >= 4 is 17.9 Å². The van der Waals surface area contributed by atoms with Crippen molar-refractivity contribution in [1.82, 2.24) is 0 Å². The SMILES string of the molecule is CC(C)c1c(C=O)ccc(-c2ccccc2)c1Cl. The quantitative estimate of drug-likeness (QED) is 0.713. The van der Waals surface area contributed by atoms with Crippen LogP contribution in [0.4, 0.5) is 0 Å². The van der Waals surface area contributed by atoms with Gasteiger partial charge in [0.25, 0.3) is 0 Å². The molecule has 2 heteroatoms. The molecule has 0 amide bonds. The molecule has 0 heterocycles. The van der Waals surface area contributed by atoms with Crippen LogP contribution in [-0.2, 0) is 0 Å². The second-order valence-electron chi connectivity index (χ2n) is 4.57. The molecule has 0 aromatic heterocycles.